The van der Waals surface area contributed by atoms with Gasteiger partial charge in [-0.2, -0.15) is 0 Å². The van der Waals surface area contributed by atoms with Crippen LogP contribution in [0.15, 0.2) is 0 Å². The van der Waals surface area contributed by atoms with Crippen molar-refractivity contribution in [2.75, 3.05) is 6.54 Å². The smallest absolute Gasteiger partial charge is 0.220 e. The Morgan fingerprint density at radius 2 is 2.08 bits per heavy atom. The number of carbonyl (C=O) groups is 1. The van der Waals surface area contributed by atoms with Crippen LogP contribution in [0.5, 0.6) is 0 Å². The number of hydrogen-bond acceptors (Lipinski definition) is 2. The average molecular weight is 170 g/mol. The SMILES string of the molecule is CC(=O)N(CC1CC1)C(C)(C)N. The molecule has 0 aromatic rings. The van der Waals surface area contributed by atoms with E-state index in [1.54, 1.807) is 11.8 Å². The lowest BCUT2D eigenvalue weighted by atomic mass is 10.2. The van der Waals surface area contributed by atoms with Crippen molar-refractivity contribution in [1.29, 1.82) is 0 Å². The van der Waals surface area contributed by atoms with Gasteiger partial charge >= 0.3 is 0 Å². The van der Waals surface area contributed by atoms with E-state index in [4.69, 9.17) is 5.73 Å². The molecule has 1 aliphatic carbocycles. The summed E-state index contributed by atoms with van der Waals surface area (Å²) in [5.41, 5.74) is 5.36. The summed E-state index contributed by atoms with van der Waals surface area (Å²) >= 11 is 0. The van der Waals surface area contributed by atoms with Gasteiger partial charge in [0.1, 0.15) is 0 Å². The van der Waals surface area contributed by atoms with Gasteiger partial charge in [-0.15, -0.1) is 0 Å². The molecule has 1 fully saturated rings. The molecular weight excluding hydrogens is 152 g/mol. The van der Waals surface area contributed by atoms with Crippen molar-refractivity contribution >= 4 is 5.91 Å². The summed E-state index contributed by atoms with van der Waals surface area (Å²) in [5.74, 6) is 0.783. The Balaban J connectivity index is 2.53. The fourth-order valence-corrected chi connectivity index (χ4v) is 1.33. The van der Waals surface area contributed by atoms with Crippen LogP contribution in [-0.4, -0.2) is 23.0 Å². The zero-order chi connectivity index (χ0) is 9.35. The van der Waals surface area contributed by atoms with Gasteiger partial charge in [-0.25, -0.2) is 0 Å². The molecule has 2 N–H and O–H groups in total. The summed E-state index contributed by atoms with van der Waals surface area (Å²) in [7, 11) is 0. The van der Waals surface area contributed by atoms with Crippen LogP contribution in [0.4, 0.5) is 0 Å². The van der Waals surface area contributed by atoms with E-state index in [0.717, 1.165) is 6.54 Å². The molecule has 0 atom stereocenters. The summed E-state index contributed by atoms with van der Waals surface area (Å²) in [6.45, 7) is 6.16. The molecule has 0 saturated heterocycles. The topological polar surface area (TPSA) is 46.3 Å². The highest BCUT2D eigenvalue weighted by atomic mass is 16.2. The number of nitrogens with zero attached hydrogens (tertiary/aromatic N) is 1. The lowest BCUT2D eigenvalue weighted by Crippen LogP contribution is -2.54. The lowest BCUT2D eigenvalue weighted by Gasteiger charge is -2.34. The molecule has 0 heterocycles. The summed E-state index contributed by atoms with van der Waals surface area (Å²) in [4.78, 5) is 13.0. The molecule has 70 valence electrons. The van der Waals surface area contributed by atoms with Gasteiger partial charge in [0.2, 0.25) is 5.91 Å². The quantitative estimate of drug-likeness (QED) is 0.641. The summed E-state index contributed by atoms with van der Waals surface area (Å²) in [6.07, 6.45) is 2.50. The minimum atomic E-state index is -0.506. The van der Waals surface area contributed by atoms with Crippen LogP contribution in [0.3, 0.4) is 0 Å². The van der Waals surface area contributed by atoms with E-state index in [0.29, 0.717) is 5.92 Å². The highest BCUT2D eigenvalue weighted by Gasteiger charge is 2.31. The molecule has 0 radical (unpaired) electrons. The molecule has 3 heteroatoms. The van der Waals surface area contributed by atoms with Crippen molar-refractivity contribution < 1.29 is 4.79 Å². The van der Waals surface area contributed by atoms with E-state index < -0.39 is 5.66 Å². The van der Waals surface area contributed by atoms with E-state index >= 15 is 0 Å². The zero-order valence-corrected chi connectivity index (χ0v) is 8.13. The first-order valence-electron chi connectivity index (χ1n) is 4.48. The van der Waals surface area contributed by atoms with Crippen LogP contribution >= 0.6 is 0 Å². The number of carbonyl (C=O) groups excluding carboxylic acids is 1. The number of nitrogens with two attached hydrogens (primary N) is 1. The Morgan fingerprint density at radius 3 is 2.33 bits per heavy atom. The van der Waals surface area contributed by atoms with Gasteiger partial charge in [0.15, 0.2) is 0 Å². The molecule has 0 bridgehead atoms. The van der Waals surface area contributed by atoms with Crippen molar-refractivity contribution in [1.82, 2.24) is 4.90 Å². The Bertz CT molecular complexity index is 179. The maximum atomic E-state index is 11.2. The molecule has 1 amide bonds. The van der Waals surface area contributed by atoms with Gasteiger partial charge < -0.3 is 10.6 Å². The van der Waals surface area contributed by atoms with Crippen LogP contribution in [-0.2, 0) is 4.79 Å². The van der Waals surface area contributed by atoms with Gasteiger partial charge in [-0.05, 0) is 32.6 Å². The number of rotatable bonds is 3. The van der Waals surface area contributed by atoms with Crippen LogP contribution < -0.4 is 5.73 Å². The molecule has 3 nitrogen and oxygen atoms in total. The highest BCUT2D eigenvalue weighted by Crippen LogP contribution is 2.31. The zero-order valence-electron chi connectivity index (χ0n) is 8.13. The van der Waals surface area contributed by atoms with Crippen molar-refractivity contribution in [3.05, 3.63) is 0 Å². The fraction of sp³-hybridized carbons (Fsp3) is 0.889. The molecular formula is C9H18N2O. The maximum Gasteiger partial charge on any atom is 0.220 e. The van der Waals surface area contributed by atoms with Gasteiger partial charge in [0.25, 0.3) is 0 Å². The van der Waals surface area contributed by atoms with E-state index in [2.05, 4.69) is 0 Å². The van der Waals surface area contributed by atoms with E-state index in [1.165, 1.54) is 12.8 Å². The minimum Gasteiger partial charge on any atom is -0.325 e. The molecule has 1 rings (SSSR count). The van der Waals surface area contributed by atoms with Crippen LogP contribution in [0, 0.1) is 5.92 Å². The Kier molecular flexibility index (Phi) is 2.42. The lowest BCUT2D eigenvalue weighted by molar-refractivity contribution is -0.134. The summed E-state index contributed by atoms with van der Waals surface area (Å²) in [6, 6.07) is 0. The summed E-state index contributed by atoms with van der Waals surface area (Å²) in [5, 5.41) is 0. The largest absolute Gasteiger partial charge is 0.325 e. The van der Waals surface area contributed by atoms with Gasteiger partial charge in [0, 0.05) is 13.5 Å². The maximum absolute atomic E-state index is 11.2. The molecule has 0 aromatic heterocycles. The molecule has 1 saturated carbocycles. The van der Waals surface area contributed by atoms with Gasteiger partial charge in [0.05, 0.1) is 5.66 Å². The van der Waals surface area contributed by atoms with Crippen LogP contribution in [0.1, 0.15) is 33.6 Å². The molecule has 0 spiro atoms. The van der Waals surface area contributed by atoms with Crippen molar-refractivity contribution in [3.8, 4) is 0 Å². The predicted octanol–water partition coefficient (Wildman–Crippen LogP) is 0.940. The third kappa shape index (κ3) is 2.48. The fourth-order valence-electron chi connectivity index (χ4n) is 1.33. The summed E-state index contributed by atoms with van der Waals surface area (Å²) < 4.78 is 0. The Hall–Kier alpha value is -0.570. The molecule has 12 heavy (non-hydrogen) atoms. The normalized spacial score (nSPS) is 17.7. The second kappa shape index (κ2) is 3.05. The van der Waals surface area contributed by atoms with Crippen LogP contribution in [0.25, 0.3) is 0 Å². The third-order valence-electron chi connectivity index (χ3n) is 2.21. The van der Waals surface area contributed by atoms with Crippen molar-refractivity contribution in [2.45, 2.75) is 39.3 Å². The predicted molar refractivity (Wildman–Crippen MR) is 48.4 cm³/mol. The standard InChI is InChI=1S/C9H18N2O/c1-7(12)11(9(2,3)10)6-8-4-5-8/h8H,4-6,10H2,1-3H3. The van der Waals surface area contributed by atoms with Crippen LogP contribution in [0.2, 0.25) is 0 Å². The second-order valence-corrected chi connectivity index (χ2v) is 4.23. The first kappa shape index (κ1) is 9.52. The number of hydrogen-bond donors (Lipinski definition) is 1. The van der Waals surface area contributed by atoms with E-state index in [1.807, 2.05) is 13.8 Å². The second-order valence-electron chi connectivity index (χ2n) is 4.23. The number of amides is 1. The third-order valence-corrected chi connectivity index (χ3v) is 2.21. The first-order chi connectivity index (χ1) is 5.41. The molecule has 0 unspecified atom stereocenters. The van der Waals surface area contributed by atoms with E-state index in [9.17, 15) is 4.79 Å². The van der Waals surface area contributed by atoms with Crippen molar-refractivity contribution in [2.24, 2.45) is 11.7 Å². The van der Waals surface area contributed by atoms with E-state index in [-0.39, 0.29) is 5.91 Å². The monoisotopic (exact) mass is 170 g/mol. The average Bonchev–Trinajstić information content (AvgIpc) is 2.61. The Labute approximate surface area is 73.9 Å². The highest BCUT2D eigenvalue weighted by molar-refractivity contribution is 5.74. The van der Waals surface area contributed by atoms with Crippen molar-refractivity contribution in [3.63, 3.8) is 0 Å². The van der Waals surface area contributed by atoms with Gasteiger partial charge in [-0.1, -0.05) is 0 Å². The molecule has 0 aliphatic heterocycles. The Morgan fingerprint density at radius 1 is 1.58 bits per heavy atom. The minimum absolute atomic E-state index is 0.0781. The molecule has 0 aromatic carbocycles. The first-order valence-corrected chi connectivity index (χ1v) is 4.48. The molecule has 1 aliphatic rings. The van der Waals surface area contributed by atoms with Gasteiger partial charge in [-0.3, -0.25) is 4.79 Å².